The van der Waals surface area contributed by atoms with Gasteiger partial charge in [0.15, 0.2) is 9.84 Å². The summed E-state index contributed by atoms with van der Waals surface area (Å²) in [6.45, 7) is 2.06. The number of benzene rings is 1. The Balaban J connectivity index is 2.79. The van der Waals surface area contributed by atoms with E-state index in [0.29, 0.717) is 6.61 Å². The molecule has 5 heteroatoms. The molecule has 0 radical (unpaired) electrons. The smallest absolute Gasteiger partial charge is 0.330 e. The van der Waals surface area contributed by atoms with Gasteiger partial charge < -0.3 is 4.74 Å². The number of sulfone groups is 1. The Morgan fingerprint density at radius 3 is 2.35 bits per heavy atom. The molecular weight excluding hydrogens is 240 g/mol. The van der Waals surface area contributed by atoms with Crippen LogP contribution < -0.4 is 0 Å². The zero-order valence-corrected chi connectivity index (χ0v) is 10.5. The zero-order chi connectivity index (χ0) is 12.9. The maximum absolute atomic E-state index is 11.2. The molecule has 0 fully saturated rings. The maximum atomic E-state index is 11.2. The van der Waals surface area contributed by atoms with Crippen LogP contribution in [-0.4, -0.2) is 27.2 Å². The Morgan fingerprint density at radius 2 is 1.88 bits per heavy atom. The summed E-state index contributed by atoms with van der Waals surface area (Å²) in [6, 6.07) is 6.26. The average molecular weight is 254 g/mol. The fourth-order valence-corrected chi connectivity index (χ4v) is 1.81. The van der Waals surface area contributed by atoms with Crippen molar-refractivity contribution in [3.8, 4) is 0 Å². The maximum Gasteiger partial charge on any atom is 0.330 e. The minimum Gasteiger partial charge on any atom is -0.463 e. The standard InChI is InChI=1S/C12H14O4S/c1-3-16-12(13)9-6-10-4-7-11(8-5-10)17(2,14)15/h4-9H,3H2,1-2H3/b9-6+. The first-order valence-corrected chi connectivity index (χ1v) is 6.97. The number of esters is 1. The highest BCUT2D eigenvalue weighted by Gasteiger charge is 2.05. The van der Waals surface area contributed by atoms with Gasteiger partial charge in [-0.2, -0.15) is 0 Å². The zero-order valence-electron chi connectivity index (χ0n) is 9.71. The number of carbonyl (C=O) groups excluding carboxylic acids is 1. The van der Waals surface area contributed by atoms with E-state index in [-0.39, 0.29) is 4.90 Å². The largest absolute Gasteiger partial charge is 0.463 e. The second-order valence-corrected chi connectivity index (χ2v) is 5.44. The fourth-order valence-electron chi connectivity index (χ4n) is 1.18. The number of rotatable bonds is 4. The molecule has 0 aromatic heterocycles. The van der Waals surface area contributed by atoms with Gasteiger partial charge in [0.1, 0.15) is 0 Å². The molecule has 1 aromatic carbocycles. The summed E-state index contributed by atoms with van der Waals surface area (Å²) in [5.41, 5.74) is 0.741. The second kappa shape index (κ2) is 5.63. The van der Waals surface area contributed by atoms with Crippen LogP contribution in [0.4, 0.5) is 0 Å². The third-order valence-electron chi connectivity index (χ3n) is 2.01. The van der Waals surface area contributed by atoms with Crippen molar-refractivity contribution < 1.29 is 17.9 Å². The molecule has 0 saturated heterocycles. The highest BCUT2D eigenvalue weighted by atomic mass is 32.2. The molecule has 0 heterocycles. The predicted octanol–water partition coefficient (Wildman–Crippen LogP) is 1.67. The summed E-state index contributed by atoms with van der Waals surface area (Å²) >= 11 is 0. The van der Waals surface area contributed by atoms with Crippen molar-refractivity contribution in [2.45, 2.75) is 11.8 Å². The SMILES string of the molecule is CCOC(=O)/C=C/c1ccc(S(C)(=O)=O)cc1. The molecule has 17 heavy (non-hydrogen) atoms. The second-order valence-electron chi connectivity index (χ2n) is 3.43. The van der Waals surface area contributed by atoms with E-state index in [1.165, 1.54) is 18.2 Å². The molecule has 92 valence electrons. The van der Waals surface area contributed by atoms with Crippen molar-refractivity contribution in [2.24, 2.45) is 0 Å². The molecule has 0 unspecified atom stereocenters. The third kappa shape index (κ3) is 4.40. The van der Waals surface area contributed by atoms with Crippen LogP contribution in [0.15, 0.2) is 35.2 Å². The first-order chi connectivity index (χ1) is 7.93. The first-order valence-electron chi connectivity index (χ1n) is 5.08. The molecule has 0 amide bonds. The van der Waals surface area contributed by atoms with E-state index in [0.717, 1.165) is 11.8 Å². The highest BCUT2D eigenvalue weighted by Crippen LogP contribution is 2.11. The summed E-state index contributed by atoms with van der Waals surface area (Å²) in [7, 11) is -3.18. The normalized spacial score (nSPS) is 11.6. The number of hydrogen-bond donors (Lipinski definition) is 0. The summed E-state index contributed by atoms with van der Waals surface area (Å²) in [6.07, 6.45) is 4.03. The van der Waals surface area contributed by atoms with Crippen LogP contribution >= 0.6 is 0 Å². The topological polar surface area (TPSA) is 60.4 Å². The number of ether oxygens (including phenoxy) is 1. The van der Waals surface area contributed by atoms with Crippen LogP contribution in [0.2, 0.25) is 0 Å². The monoisotopic (exact) mass is 254 g/mol. The average Bonchev–Trinajstić information content (AvgIpc) is 2.26. The minimum absolute atomic E-state index is 0.255. The predicted molar refractivity (Wildman–Crippen MR) is 65.2 cm³/mol. The molecular formula is C12H14O4S. The van der Waals surface area contributed by atoms with Crippen molar-refractivity contribution in [3.63, 3.8) is 0 Å². The van der Waals surface area contributed by atoms with Crippen LogP contribution in [0.1, 0.15) is 12.5 Å². The van der Waals surface area contributed by atoms with E-state index in [2.05, 4.69) is 0 Å². The number of hydrogen-bond acceptors (Lipinski definition) is 4. The summed E-state index contributed by atoms with van der Waals surface area (Å²) in [5.74, 6) is -0.417. The van der Waals surface area contributed by atoms with Crippen molar-refractivity contribution in [2.75, 3.05) is 12.9 Å². The lowest BCUT2D eigenvalue weighted by Crippen LogP contribution is -1.98. The first kappa shape index (κ1) is 13.4. The summed E-state index contributed by atoms with van der Waals surface area (Å²) < 4.78 is 27.1. The lowest BCUT2D eigenvalue weighted by molar-refractivity contribution is -0.137. The van der Waals surface area contributed by atoms with Gasteiger partial charge in [-0.05, 0) is 30.7 Å². The Labute approximate surface area is 101 Å². The molecule has 0 atom stereocenters. The van der Waals surface area contributed by atoms with Gasteiger partial charge in [-0.1, -0.05) is 12.1 Å². The molecule has 0 aliphatic carbocycles. The summed E-state index contributed by atoms with van der Waals surface area (Å²) in [5, 5.41) is 0. The van der Waals surface area contributed by atoms with Gasteiger partial charge in [0.05, 0.1) is 11.5 Å². The van der Waals surface area contributed by atoms with Gasteiger partial charge in [-0.25, -0.2) is 13.2 Å². The van der Waals surface area contributed by atoms with E-state index in [9.17, 15) is 13.2 Å². The molecule has 0 N–H and O–H groups in total. The van der Waals surface area contributed by atoms with Crippen molar-refractivity contribution >= 4 is 21.9 Å². The van der Waals surface area contributed by atoms with Crippen LogP contribution in [0.25, 0.3) is 6.08 Å². The molecule has 0 aliphatic rings. The van der Waals surface area contributed by atoms with Gasteiger partial charge in [0.2, 0.25) is 0 Å². The molecule has 1 aromatic rings. The van der Waals surface area contributed by atoms with E-state index >= 15 is 0 Å². The Kier molecular flexibility index (Phi) is 4.45. The van der Waals surface area contributed by atoms with Gasteiger partial charge >= 0.3 is 5.97 Å². The third-order valence-corrected chi connectivity index (χ3v) is 3.14. The van der Waals surface area contributed by atoms with E-state index in [1.54, 1.807) is 25.1 Å². The van der Waals surface area contributed by atoms with Crippen molar-refractivity contribution in [3.05, 3.63) is 35.9 Å². The quantitative estimate of drug-likeness (QED) is 0.605. The van der Waals surface area contributed by atoms with Crippen LogP contribution in [0, 0.1) is 0 Å². The lowest BCUT2D eigenvalue weighted by atomic mass is 10.2. The Morgan fingerprint density at radius 1 is 1.29 bits per heavy atom. The molecule has 0 bridgehead atoms. The van der Waals surface area contributed by atoms with Gasteiger partial charge in [0.25, 0.3) is 0 Å². The Bertz CT molecular complexity index is 512. The van der Waals surface area contributed by atoms with Crippen molar-refractivity contribution in [1.29, 1.82) is 0 Å². The minimum atomic E-state index is -3.18. The van der Waals surface area contributed by atoms with E-state index in [4.69, 9.17) is 4.74 Å². The van der Waals surface area contributed by atoms with Crippen LogP contribution in [0.3, 0.4) is 0 Å². The van der Waals surface area contributed by atoms with Gasteiger partial charge in [-0.3, -0.25) is 0 Å². The van der Waals surface area contributed by atoms with Crippen LogP contribution in [-0.2, 0) is 19.4 Å². The van der Waals surface area contributed by atoms with E-state index in [1.807, 2.05) is 0 Å². The van der Waals surface area contributed by atoms with Gasteiger partial charge in [0, 0.05) is 12.3 Å². The molecule has 4 nitrogen and oxygen atoms in total. The summed E-state index contributed by atoms with van der Waals surface area (Å²) in [4.78, 5) is 11.3. The molecule has 0 saturated carbocycles. The molecule has 1 rings (SSSR count). The molecule has 0 spiro atoms. The lowest BCUT2D eigenvalue weighted by Gasteiger charge is -1.99. The fraction of sp³-hybridized carbons (Fsp3) is 0.250. The highest BCUT2D eigenvalue weighted by molar-refractivity contribution is 7.90. The van der Waals surface area contributed by atoms with E-state index < -0.39 is 15.8 Å². The van der Waals surface area contributed by atoms with Crippen LogP contribution in [0.5, 0.6) is 0 Å². The number of carbonyl (C=O) groups is 1. The van der Waals surface area contributed by atoms with Crippen molar-refractivity contribution in [1.82, 2.24) is 0 Å². The van der Waals surface area contributed by atoms with Gasteiger partial charge in [-0.15, -0.1) is 0 Å². The Hall–Kier alpha value is -1.62. The molecule has 0 aliphatic heterocycles.